The Labute approximate surface area is 62.2 Å². The van der Waals surface area contributed by atoms with Crippen molar-refractivity contribution >= 4 is 0 Å². The lowest BCUT2D eigenvalue weighted by molar-refractivity contribution is 0.180. The summed E-state index contributed by atoms with van der Waals surface area (Å²) in [6.07, 6.45) is 2.86. The molecule has 0 spiro atoms. The lowest BCUT2D eigenvalue weighted by atomic mass is 10.1. The molecule has 0 saturated carbocycles. The van der Waals surface area contributed by atoms with E-state index in [0.717, 1.165) is 5.57 Å². The number of hydrogen-bond acceptors (Lipinski definition) is 2. The molecule has 0 saturated heterocycles. The molecule has 1 atom stereocenters. The van der Waals surface area contributed by atoms with E-state index in [4.69, 9.17) is 5.11 Å². The van der Waals surface area contributed by atoms with Crippen LogP contribution in [0, 0.1) is 0 Å². The predicted octanol–water partition coefficient (Wildman–Crippen LogP) is 1.09. The highest BCUT2D eigenvalue weighted by Crippen LogP contribution is 2.06. The molecule has 0 amide bonds. The molecule has 2 nitrogen and oxygen atoms in total. The van der Waals surface area contributed by atoms with Crippen LogP contribution in [0.5, 0.6) is 0 Å². The van der Waals surface area contributed by atoms with Gasteiger partial charge in [0.25, 0.3) is 0 Å². The van der Waals surface area contributed by atoms with E-state index in [1.54, 1.807) is 0 Å². The third kappa shape index (κ3) is 3.64. The lowest BCUT2D eigenvalue weighted by Crippen LogP contribution is -2.08. The minimum atomic E-state index is -0.364. The summed E-state index contributed by atoms with van der Waals surface area (Å²) >= 11 is 0. The van der Waals surface area contributed by atoms with Crippen molar-refractivity contribution in [1.82, 2.24) is 0 Å². The smallest absolute Gasteiger partial charge is 0.0748 e. The predicted molar refractivity (Wildman–Crippen MR) is 41.8 cm³/mol. The first-order valence-electron chi connectivity index (χ1n) is 3.64. The molecule has 0 aromatic heterocycles. The molecule has 0 aliphatic heterocycles. The Morgan fingerprint density at radius 2 is 2.20 bits per heavy atom. The molecule has 0 bridgehead atoms. The van der Waals surface area contributed by atoms with Gasteiger partial charge in [0, 0.05) is 6.61 Å². The number of allylic oxidation sites excluding steroid dienone is 1. The van der Waals surface area contributed by atoms with Crippen molar-refractivity contribution < 1.29 is 10.2 Å². The van der Waals surface area contributed by atoms with Gasteiger partial charge in [-0.25, -0.2) is 0 Å². The van der Waals surface area contributed by atoms with E-state index >= 15 is 0 Å². The number of hydrogen-bond donors (Lipinski definition) is 2. The van der Waals surface area contributed by atoms with E-state index in [2.05, 4.69) is 0 Å². The van der Waals surface area contributed by atoms with Gasteiger partial charge in [-0.05, 0) is 32.3 Å². The quantitative estimate of drug-likeness (QED) is 0.580. The van der Waals surface area contributed by atoms with Gasteiger partial charge in [0.2, 0.25) is 0 Å². The molecule has 1 unspecified atom stereocenters. The van der Waals surface area contributed by atoms with E-state index in [9.17, 15) is 5.11 Å². The van der Waals surface area contributed by atoms with Crippen molar-refractivity contribution in [2.24, 2.45) is 0 Å². The third-order valence-electron chi connectivity index (χ3n) is 1.62. The van der Waals surface area contributed by atoms with E-state index in [1.165, 1.54) is 0 Å². The fourth-order valence-corrected chi connectivity index (χ4v) is 0.705. The molecule has 0 fully saturated rings. The SMILES string of the molecule is CC=C(C)C(O)CCCO. The first-order valence-corrected chi connectivity index (χ1v) is 3.64. The Kier molecular flexibility index (Phi) is 5.26. The largest absolute Gasteiger partial charge is 0.396 e. The maximum atomic E-state index is 9.27. The molecule has 0 aliphatic carbocycles. The summed E-state index contributed by atoms with van der Waals surface area (Å²) < 4.78 is 0. The molecule has 2 N–H and O–H groups in total. The molecular weight excluding hydrogens is 128 g/mol. The highest BCUT2D eigenvalue weighted by Gasteiger charge is 2.03. The van der Waals surface area contributed by atoms with Gasteiger partial charge in [0.15, 0.2) is 0 Å². The highest BCUT2D eigenvalue weighted by atomic mass is 16.3. The molecule has 0 aromatic carbocycles. The van der Waals surface area contributed by atoms with Crippen molar-refractivity contribution in [3.63, 3.8) is 0 Å². The Hall–Kier alpha value is -0.340. The van der Waals surface area contributed by atoms with Gasteiger partial charge in [-0.1, -0.05) is 6.08 Å². The van der Waals surface area contributed by atoms with Gasteiger partial charge in [-0.15, -0.1) is 0 Å². The van der Waals surface area contributed by atoms with E-state index in [-0.39, 0.29) is 12.7 Å². The summed E-state index contributed by atoms with van der Waals surface area (Å²) in [7, 11) is 0. The standard InChI is InChI=1S/C8H16O2/c1-3-7(2)8(10)5-4-6-9/h3,8-10H,4-6H2,1-2H3. The zero-order valence-corrected chi connectivity index (χ0v) is 6.67. The topological polar surface area (TPSA) is 40.5 Å². The van der Waals surface area contributed by atoms with Crippen LogP contribution in [0.25, 0.3) is 0 Å². The minimum Gasteiger partial charge on any atom is -0.396 e. The van der Waals surface area contributed by atoms with Crippen LogP contribution in [0.4, 0.5) is 0 Å². The van der Waals surface area contributed by atoms with Gasteiger partial charge >= 0.3 is 0 Å². The van der Waals surface area contributed by atoms with Crippen LogP contribution >= 0.6 is 0 Å². The van der Waals surface area contributed by atoms with E-state index in [1.807, 2.05) is 19.9 Å². The number of rotatable bonds is 4. The average Bonchev–Trinajstić information content (AvgIpc) is 1.98. The van der Waals surface area contributed by atoms with Gasteiger partial charge < -0.3 is 10.2 Å². The molecule has 60 valence electrons. The van der Waals surface area contributed by atoms with Crippen LogP contribution in [0.2, 0.25) is 0 Å². The molecule has 10 heavy (non-hydrogen) atoms. The number of aliphatic hydroxyl groups is 2. The van der Waals surface area contributed by atoms with Gasteiger partial charge in [0.05, 0.1) is 6.10 Å². The first-order chi connectivity index (χ1) is 4.72. The molecule has 0 radical (unpaired) electrons. The minimum absolute atomic E-state index is 0.161. The molecule has 0 aliphatic rings. The Balaban J connectivity index is 3.51. The van der Waals surface area contributed by atoms with Crippen LogP contribution in [-0.4, -0.2) is 22.9 Å². The Bertz CT molecular complexity index is 108. The van der Waals surface area contributed by atoms with Gasteiger partial charge in [-0.3, -0.25) is 0 Å². The van der Waals surface area contributed by atoms with Crippen LogP contribution in [0.3, 0.4) is 0 Å². The van der Waals surface area contributed by atoms with Crippen molar-refractivity contribution in [2.75, 3.05) is 6.61 Å². The summed E-state index contributed by atoms with van der Waals surface area (Å²) in [5, 5.41) is 17.7. The lowest BCUT2D eigenvalue weighted by Gasteiger charge is -2.08. The van der Waals surface area contributed by atoms with Crippen molar-refractivity contribution in [1.29, 1.82) is 0 Å². The fraction of sp³-hybridized carbons (Fsp3) is 0.750. The maximum Gasteiger partial charge on any atom is 0.0748 e. The Morgan fingerprint density at radius 1 is 1.60 bits per heavy atom. The fourth-order valence-electron chi connectivity index (χ4n) is 0.705. The highest BCUT2D eigenvalue weighted by molar-refractivity contribution is 5.02. The van der Waals surface area contributed by atoms with Crippen molar-refractivity contribution in [3.05, 3.63) is 11.6 Å². The first kappa shape index (κ1) is 9.66. The van der Waals surface area contributed by atoms with Gasteiger partial charge in [0.1, 0.15) is 0 Å². The van der Waals surface area contributed by atoms with Gasteiger partial charge in [-0.2, -0.15) is 0 Å². The van der Waals surface area contributed by atoms with Crippen LogP contribution in [0.15, 0.2) is 11.6 Å². The normalized spacial score (nSPS) is 15.4. The van der Waals surface area contributed by atoms with E-state index in [0.29, 0.717) is 12.8 Å². The summed E-state index contributed by atoms with van der Waals surface area (Å²) in [6.45, 7) is 3.95. The second-order valence-corrected chi connectivity index (χ2v) is 2.41. The average molecular weight is 144 g/mol. The van der Waals surface area contributed by atoms with Crippen LogP contribution < -0.4 is 0 Å². The molecule has 0 heterocycles. The summed E-state index contributed by atoms with van der Waals surface area (Å²) in [6, 6.07) is 0. The second-order valence-electron chi connectivity index (χ2n) is 2.41. The maximum absolute atomic E-state index is 9.27. The van der Waals surface area contributed by atoms with Crippen molar-refractivity contribution in [3.8, 4) is 0 Å². The van der Waals surface area contributed by atoms with Crippen LogP contribution in [0.1, 0.15) is 26.7 Å². The zero-order chi connectivity index (χ0) is 7.98. The summed E-state index contributed by atoms with van der Waals surface area (Å²) in [5.41, 5.74) is 0.980. The molecule has 2 heteroatoms. The monoisotopic (exact) mass is 144 g/mol. The third-order valence-corrected chi connectivity index (χ3v) is 1.62. The zero-order valence-electron chi connectivity index (χ0n) is 6.67. The summed E-state index contributed by atoms with van der Waals surface area (Å²) in [5.74, 6) is 0. The second kappa shape index (κ2) is 5.45. The molecule has 0 aromatic rings. The molecule has 0 rings (SSSR count). The molecular formula is C8H16O2. The summed E-state index contributed by atoms with van der Waals surface area (Å²) in [4.78, 5) is 0. The van der Waals surface area contributed by atoms with Crippen molar-refractivity contribution in [2.45, 2.75) is 32.8 Å². The number of aliphatic hydroxyl groups excluding tert-OH is 2. The van der Waals surface area contributed by atoms with Crippen LogP contribution in [-0.2, 0) is 0 Å². The van der Waals surface area contributed by atoms with E-state index < -0.39 is 0 Å². The Morgan fingerprint density at radius 3 is 2.60 bits per heavy atom.